The molecular formula is C27H22N2O2. The molecule has 4 rings (SSSR count). The van der Waals surface area contributed by atoms with Gasteiger partial charge < -0.3 is 10.1 Å². The highest BCUT2D eigenvalue weighted by atomic mass is 16.5. The molecule has 152 valence electrons. The maximum absolute atomic E-state index is 12.2. The average molecular weight is 406 g/mol. The second kappa shape index (κ2) is 9.20. The highest BCUT2D eigenvalue weighted by Crippen LogP contribution is 2.44. The fourth-order valence-electron chi connectivity index (χ4n) is 3.93. The molecule has 0 radical (unpaired) electrons. The molecule has 1 N–H and O–H groups in total. The molecule has 3 aromatic rings. The predicted octanol–water partition coefficient (Wildman–Crippen LogP) is 5.15. The second-order valence-electron chi connectivity index (χ2n) is 7.39. The number of benzene rings is 3. The van der Waals surface area contributed by atoms with Gasteiger partial charge in [0.25, 0.3) is 0 Å². The van der Waals surface area contributed by atoms with Gasteiger partial charge in [0.05, 0.1) is 11.6 Å². The Hall–Kier alpha value is -4.02. The zero-order valence-electron chi connectivity index (χ0n) is 17.3. The molecule has 0 unspecified atom stereocenters. The first-order valence-corrected chi connectivity index (χ1v) is 10.3. The Balaban J connectivity index is 1.30. The minimum atomic E-state index is -0.439. The molecule has 1 aliphatic rings. The van der Waals surface area contributed by atoms with Crippen LogP contribution in [0, 0.1) is 30.1 Å². The fraction of sp³-hybridized carbons (Fsp3) is 0.185. The molecule has 4 nitrogen and oxygen atoms in total. The van der Waals surface area contributed by atoms with Gasteiger partial charge in [0.1, 0.15) is 6.61 Å². The van der Waals surface area contributed by atoms with Crippen molar-refractivity contribution in [2.24, 2.45) is 0 Å². The lowest BCUT2D eigenvalue weighted by Crippen LogP contribution is -2.26. The van der Waals surface area contributed by atoms with Gasteiger partial charge in [-0.1, -0.05) is 66.4 Å². The van der Waals surface area contributed by atoms with Crippen molar-refractivity contribution in [3.63, 3.8) is 0 Å². The number of carbonyl (C=O) groups is 1. The van der Waals surface area contributed by atoms with E-state index >= 15 is 0 Å². The summed E-state index contributed by atoms with van der Waals surface area (Å²) in [6, 6.07) is 24.2. The summed E-state index contributed by atoms with van der Waals surface area (Å²) in [5.41, 5.74) is 7.14. The molecule has 0 bridgehead atoms. The summed E-state index contributed by atoms with van der Waals surface area (Å²) in [6.07, 6.45) is 0.0618. The SMILES string of the molecule is Cc1c(C#N)cccc1C#CCCNC(=O)OCC1c2ccccc2-c2ccccc21. The monoisotopic (exact) mass is 406 g/mol. The maximum atomic E-state index is 12.2. The Morgan fingerprint density at radius 1 is 0.968 bits per heavy atom. The molecule has 0 aliphatic heterocycles. The van der Waals surface area contributed by atoms with Crippen molar-refractivity contribution < 1.29 is 9.53 Å². The van der Waals surface area contributed by atoms with Crippen LogP contribution < -0.4 is 5.32 Å². The third-order valence-corrected chi connectivity index (χ3v) is 5.54. The lowest BCUT2D eigenvalue weighted by Gasteiger charge is -2.14. The molecule has 0 saturated heterocycles. The Morgan fingerprint density at radius 2 is 1.61 bits per heavy atom. The van der Waals surface area contributed by atoms with Crippen molar-refractivity contribution >= 4 is 6.09 Å². The largest absolute Gasteiger partial charge is 0.449 e. The van der Waals surface area contributed by atoms with Gasteiger partial charge in [0.15, 0.2) is 0 Å². The van der Waals surface area contributed by atoms with Crippen molar-refractivity contribution in [1.82, 2.24) is 5.32 Å². The number of carbonyl (C=O) groups excluding carboxylic acids is 1. The van der Waals surface area contributed by atoms with Crippen molar-refractivity contribution in [2.75, 3.05) is 13.2 Å². The third kappa shape index (κ3) is 4.29. The minimum absolute atomic E-state index is 0.0494. The Kier molecular flexibility index (Phi) is 6.01. The van der Waals surface area contributed by atoms with E-state index in [1.807, 2.05) is 43.3 Å². The van der Waals surface area contributed by atoms with Crippen LogP contribution in [0.3, 0.4) is 0 Å². The highest BCUT2D eigenvalue weighted by molar-refractivity contribution is 5.79. The van der Waals surface area contributed by atoms with E-state index in [0.717, 1.165) is 11.1 Å². The van der Waals surface area contributed by atoms with Crippen molar-refractivity contribution in [3.8, 4) is 29.0 Å². The molecule has 31 heavy (non-hydrogen) atoms. The quantitative estimate of drug-likeness (QED) is 0.482. The Labute approximate surface area is 182 Å². The summed E-state index contributed by atoms with van der Waals surface area (Å²) in [6.45, 7) is 2.59. The molecule has 0 saturated carbocycles. The lowest BCUT2D eigenvalue weighted by atomic mass is 9.98. The van der Waals surface area contributed by atoms with Gasteiger partial charge in [-0.2, -0.15) is 5.26 Å². The second-order valence-corrected chi connectivity index (χ2v) is 7.39. The Bertz CT molecular complexity index is 1180. The van der Waals surface area contributed by atoms with Gasteiger partial charge in [-0.05, 0) is 46.9 Å². The molecule has 0 fully saturated rings. The van der Waals surface area contributed by atoms with Gasteiger partial charge in [-0.3, -0.25) is 0 Å². The van der Waals surface area contributed by atoms with Crippen LogP contribution in [-0.2, 0) is 4.74 Å². The maximum Gasteiger partial charge on any atom is 0.407 e. The van der Waals surface area contributed by atoms with E-state index in [2.05, 4.69) is 47.5 Å². The molecule has 0 aromatic heterocycles. The number of hydrogen-bond acceptors (Lipinski definition) is 3. The molecule has 0 heterocycles. The minimum Gasteiger partial charge on any atom is -0.449 e. The number of rotatable bonds is 4. The molecule has 1 amide bonds. The standard InChI is InChI=1S/C27H22N2O2/c1-19-20(10-8-11-21(19)17-28)9-6-7-16-29-27(30)31-18-26-24-14-4-2-12-22(24)23-13-3-5-15-25(23)26/h2-5,8,10-15,26H,7,16,18H2,1H3,(H,29,30). The normalized spacial score (nSPS) is 11.5. The smallest absolute Gasteiger partial charge is 0.407 e. The summed E-state index contributed by atoms with van der Waals surface area (Å²) in [5, 5.41) is 11.9. The molecule has 3 aromatic carbocycles. The molecule has 0 spiro atoms. The number of amides is 1. The van der Waals surface area contributed by atoms with Crippen LogP contribution in [0.1, 0.15) is 40.2 Å². The summed E-state index contributed by atoms with van der Waals surface area (Å²) >= 11 is 0. The molecule has 0 atom stereocenters. The first-order valence-electron chi connectivity index (χ1n) is 10.3. The number of alkyl carbamates (subject to hydrolysis) is 1. The number of nitrogens with one attached hydrogen (secondary N) is 1. The van der Waals surface area contributed by atoms with Gasteiger partial charge in [-0.15, -0.1) is 0 Å². The van der Waals surface area contributed by atoms with Crippen LogP contribution in [0.25, 0.3) is 11.1 Å². The average Bonchev–Trinajstić information content (AvgIpc) is 3.12. The zero-order valence-corrected chi connectivity index (χ0v) is 17.3. The van der Waals surface area contributed by atoms with Crippen molar-refractivity contribution in [2.45, 2.75) is 19.3 Å². The van der Waals surface area contributed by atoms with Crippen LogP contribution in [0.5, 0.6) is 0 Å². The third-order valence-electron chi connectivity index (χ3n) is 5.54. The molecule has 4 heteroatoms. The summed E-state index contributed by atoms with van der Waals surface area (Å²) in [5.74, 6) is 6.16. The number of ether oxygens (including phenoxy) is 1. The summed E-state index contributed by atoms with van der Waals surface area (Å²) in [7, 11) is 0. The van der Waals surface area contributed by atoms with Crippen LogP contribution in [0.15, 0.2) is 66.7 Å². The Morgan fingerprint density at radius 3 is 2.29 bits per heavy atom. The van der Waals surface area contributed by atoms with Gasteiger partial charge in [-0.25, -0.2) is 4.79 Å². The van der Waals surface area contributed by atoms with Gasteiger partial charge >= 0.3 is 6.09 Å². The van der Waals surface area contributed by atoms with Crippen LogP contribution >= 0.6 is 0 Å². The summed E-state index contributed by atoms with van der Waals surface area (Å²) < 4.78 is 5.52. The number of nitrogens with zero attached hydrogens (tertiary/aromatic N) is 1. The predicted molar refractivity (Wildman–Crippen MR) is 120 cm³/mol. The van der Waals surface area contributed by atoms with E-state index in [9.17, 15) is 4.79 Å². The van der Waals surface area contributed by atoms with E-state index in [-0.39, 0.29) is 5.92 Å². The number of hydrogen-bond donors (Lipinski definition) is 1. The summed E-state index contributed by atoms with van der Waals surface area (Å²) in [4.78, 5) is 12.2. The van der Waals surface area contributed by atoms with E-state index in [1.165, 1.54) is 22.3 Å². The fourth-order valence-corrected chi connectivity index (χ4v) is 3.93. The zero-order chi connectivity index (χ0) is 21.6. The highest BCUT2D eigenvalue weighted by Gasteiger charge is 2.28. The van der Waals surface area contributed by atoms with Crippen LogP contribution in [0.2, 0.25) is 0 Å². The van der Waals surface area contributed by atoms with Crippen LogP contribution in [0.4, 0.5) is 4.79 Å². The molecule has 1 aliphatic carbocycles. The van der Waals surface area contributed by atoms with E-state index < -0.39 is 6.09 Å². The van der Waals surface area contributed by atoms with Crippen LogP contribution in [-0.4, -0.2) is 19.2 Å². The number of nitriles is 1. The topological polar surface area (TPSA) is 62.1 Å². The van der Waals surface area contributed by atoms with Gasteiger partial charge in [0.2, 0.25) is 0 Å². The molecular weight excluding hydrogens is 384 g/mol. The van der Waals surface area contributed by atoms with E-state index in [4.69, 9.17) is 10.00 Å². The van der Waals surface area contributed by atoms with Gasteiger partial charge in [0, 0.05) is 24.4 Å². The number of fused-ring (bicyclic) bond motifs is 3. The lowest BCUT2D eigenvalue weighted by molar-refractivity contribution is 0.143. The van der Waals surface area contributed by atoms with Crippen molar-refractivity contribution in [1.29, 1.82) is 5.26 Å². The van der Waals surface area contributed by atoms with Crippen molar-refractivity contribution in [3.05, 3.63) is 94.5 Å². The first-order chi connectivity index (χ1) is 15.2. The van der Waals surface area contributed by atoms with E-state index in [1.54, 1.807) is 6.07 Å². The van der Waals surface area contributed by atoms with E-state index in [0.29, 0.717) is 25.1 Å². The first kappa shape index (κ1) is 20.3.